The molecule has 1 aliphatic heterocycles. The van der Waals surface area contributed by atoms with Crippen LogP contribution in [0, 0.1) is 5.92 Å². The van der Waals surface area contributed by atoms with Crippen molar-refractivity contribution in [3.05, 3.63) is 40.4 Å². The first kappa shape index (κ1) is 28.1. The minimum absolute atomic E-state index is 0.0618. The molecule has 0 spiro atoms. The second kappa shape index (κ2) is 11.5. The lowest BCUT2D eigenvalue weighted by Crippen LogP contribution is -2.45. The standard InChI is InChI=1S/C24H36Cl2N2O4S/c1-7-12-32-20-14-19(26)18(25)13-17(20)22(27-33(31)23(2,3)4)16-8-10-28(11-9-16)21(29)15-24(5,6)30/h7,13-14,16,22,27,30H,1,8-12,15H2,2-6H3. The summed E-state index contributed by atoms with van der Waals surface area (Å²) in [7, 11) is -1.34. The molecule has 0 aliphatic carbocycles. The van der Waals surface area contributed by atoms with Gasteiger partial charge in [-0.1, -0.05) is 35.9 Å². The van der Waals surface area contributed by atoms with Gasteiger partial charge in [-0.2, -0.15) is 0 Å². The maximum Gasteiger partial charge on any atom is 0.225 e. The monoisotopic (exact) mass is 518 g/mol. The Morgan fingerprint density at radius 1 is 1.27 bits per heavy atom. The Morgan fingerprint density at radius 2 is 1.85 bits per heavy atom. The molecule has 186 valence electrons. The van der Waals surface area contributed by atoms with Crippen LogP contribution in [0.1, 0.15) is 65.5 Å². The van der Waals surface area contributed by atoms with Crippen molar-refractivity contribution in [2.45, 2.75) is 70.3 Å². The van der Waals surface area contributed by atoms with Gasteiger partial charge in [0.15, 0.2) is 0 Å². The number of carbonyl (C=O) groups is 1. The Hall–Kier alpha value is -1.12. The van der Waals surface area contributed by atoms with E-state index in [0.717, 1.165) is 5.56 Å². The number of hydrogen-bond donors (Lipinski definition) is 2. The highest BCUT2D eigenvalue weighted by atomic mass is 35.5. The largest absolute Gasteiger partial charge is 0.489 e. The third kappa shape index (κ3) is 8.25. The second-order valence-electron chi connectivity index (χ2n) is 10.1. The molecule has 6 nitrogen and oxygen atoms in total. The first-order chi connectivity index (χ1) is 15.2. The molecule has 1 aromatic rings. The molecular formula is C24H36Cl2N2O4S. The van der Waals surface area contributed by atoms with Gasteiger partial charge in [0, 0.05) is 24.7 Å². The fourth-order valence-electron chi connectivity index (χ4n) is 3.73. The third-order valence-electron chi connectivity index (χ3n) is 5.48. The van der Waals surface area contributed by atoms with Crippen molar-refractivity contribution >= 4 is 40.1 Å². The number of carbonyl (C=O) groups excluding carboxylic acids is 1. The number of halogens is 2. The van der Waals surface area contributed by atoms with Crippen LogP contribution in [-0.2, 0) is 15.8 Å². The van der Waals surface area contributed by atoms with E-state index in [9.17, 15) is 14.1 Å². The van der Waals surface area contributed by atoms with Crippen molar-refractivity contribution in [1.29, 1.82) is 0 Å². The zero-order chi connectivity index (χ0) is 25.0. The van der Waals surface area contributed by atoms with E-state index < -0.39 is 21.3 Å². The average Bonchev–Trinajstić information content (AvgIpc) is 2.70. The van der Waals surface area contributed by atoms with Crippen molar-refractivity contribution in [3.8, 4) is 5.75 Å². The summed E-state index contributed by atoms with van der Waals surface area (Å²) in [6.07, 6.45) is 3.14. The minimum Gasteiger partial charge on any atom is -0.489 e. The van der Waals surface area contributed by atoms with Gasteiger partial charge in [-0.05, 0) is 59.4 Å². The Bertz CT molecular complexity index is 872. The first-order valence-corrected chi connectivity index (χ1v) is 13.0. The molecular weight excluding hydrogens is 483 g/mol. The Balaban J connectivity index is 2.33. The summed E-state index contributed by atoms with van der Waals surface area (Å²) in [6, 6.07) is 3.14. The maximum atomic E-state index is 13.1. The van der Waals surface area contributed by atoms with Crippen LogP contribution < -0.4 is 9.46 Å². The Labute approximate surface area is 210 Å². The van der Waals surface area contributed by atoms with Crippen LogP contribution in [0.25, 0.3) is 0 Å². The van der Waals surface area contributed by atoms with Gasteiger partial charge in [-0.3, -0.25) is 4.79 Å². The summed E-state index contributed by atoms with van der Waals surface area (Å²) in [6.45, 7) is 14.1. The van der Waals surface area contributed by atoms with Crippen LogP contribution in [0.5, 0.6) is 5.75 Å². The fourth-order valence-corrected chi connectivity index (χ4v) is 4.96. The number of nitrogens with one attached hydrogen (secondary N) is 1. The van der Waals surface area contributed by atoms with Gasteiger partial charge in [0.2, 0.25) is 5.91 Å². The maximum absolute atomic E-state index is 13.1. The third-order valence-corrected chi connectivity index (χ3v) is 7.78. The highest BCUT2D eigenvalue weighted by molar-refractivity contribution is 7.84. The van der Waals surface area contributed by atoms with Gasteiger partial charge in [0.1, 0.15) is 12.4 Å². The fraction of sp³-hybridized carbons (Fsp3) is 0.625. The van der Waals surface area contributed by atoms with Gasteiger partial charge < -0.3 is 14.7 Å². The summed E-state index contributed by atoms with van der Waals surface area (Å²) in [5, 5.41) is 10.8. The van der Waals surface area contributed by atoms with E-state index >= 15 is 0 Å². The number of hydrogen-bond acceptors (Lipinski definition) is 4. The van der Waals surface area contributed by atoms with E-state index in [1.54, 1.807) is 37.0 Å². The predicted octanol–water partition coefficient (Wildman–Crippen LogP) is 5.05. The lowest BCUT2D eigenvalue weighted by Gasteiger charge is -2.38. The van der Waals surface area contributed by atoms with E-state index in [1.165, 1.54) is 0 Å². The molecule has 2 unspecified atom stereocenters. The molecule has 2 rings (SSSR count). The van der Waals surface area contributed by atoms with E-state index in [0.29, 0.717) is 48.3 Å². The van der Waals surface area contributed by atoms with Crippen molar-refractivity contribution in [2.24, 2.45) is 5.92 Å². The summed E-state index contributed by atoms with van der Waals surface area (Å²) in [4.78, 5) is 14.4. The quantitative estimate of drug-likeness (QED) is 0.448. The molecule has 0 radical (unpaired) electrons. The van der Waals surface area contributed by atoms with Crippen LogP contribution in [0.2, 0.25) is 10.0 Å². The first-order valence-electron chi connectivity index (χ1n) is 11.1. The topological polar surface area (TPSA) is 78.9 Å². The SMILES string of the molecule is C=CCOc1cc(Cl)c(Cl)cc1C(NS(=O)C(C)(C)C)C1CCN(C(=O)CC(C)(C)O)CC1. The number of nitrogens with zero attached hydrogens (tertiary/aromatic N) is 1. The van der Waals surface area contributed by atoms with Crippen LogP contribution >= 0.6 is 23.2 Å². The molecule has 1 aromatic carbocycles. The van der Waals surface area contributed by atoms with E-state index in [2.05, 4.69) is 11.3 Å². The van der Waals surface area contributed by atoms with Crippen LogP contribution in [-0.4, -0.2) is 50.2 Å². The molecule has 1 saturated heterocycles. The number of aliphatic hydroxyl groups is 1. The molecule has 0 bridgehead atoms. The number of amides is 1. The van der Waals surface area contributed by atoms with Crippen molar-refractivity contribution in [1.82, 2.24) is 9.62 Å². The zero-order valence-corrected chi connectivity index (χ0v) is 22.4. The van der Waals surface area contributed by atoms with Crippen LogP contribution in [0.4, 0.5) is 0 Å². The van der Waals surface area contributed by atoms with Crippen molar-refractivity contribution < 1.29 is 18.8 Å². The molecule has 2 N–H and O–H groups in total. The summed E-state index contributed by atoms with van der Waals surface area (Å²) < 4.78 is 21.8. The van der Waals surface area contributed by atoms with Crippen LogP contribution in [0.3, 0.4) is 0 Å². The zero-order valence-electron chi connectivity index (χ0n) is 20.1. The molecule has 0 saturated carbocycles. The molecule has 1 fully saturated rings. The van der Waals surface area contributed by atoms with Gasteiger partial charge in [-0.25, -0.2) is 8.93 Å². The highest BCUT2D eigenvalue weighted by Gasteiger charge is 2.35. The van der Waals surface area contributed by atoms with Crippen molar-refractivity contribution in [2.75, 3.05) is 19.7 Å². The molecule has 0 aromatic heterocycles. The summed E-state index contributed by atoms with van der Waals surface area (Å²) in [5.74, 6) is 0.590. The van der Waals surface area contributed by atoms with Crippen molar-refractivity contribution in [3.63, 3.8) is 0 Å². The Morgan fingerprint density at radius 3 is 2.36 bits per heavy atom. The second-order valence-corrected chi connectivity index (χ2v) is 12.9. The number of benzene rings is 1. The molecule has 1 heterocycles. The number of ether oxygens (including phenoxy) is 1. The van der Waals surface area contributed by atoms with E-state index in [4.69, 9.17) is 27.9 Å². The lowest BCUT2D eigenvalue weighted by molar-refractivity contribution is -0.136. The van der Waals surface area contributed by atoms with E-state index in [-0.39, 0.29) is 24.3 Å². The number of rotatable bonds is 9. The average molecular weight is 520 g/mol. The molecule has 33 heavy (non-hydrogen) atoms. The smallest absolute Gasteiger partial charge is 0.225 e. The molecule has 2 atom stereocenters. The molecule has 9 heteroatoms. The van der Waals surface area contributed by atoms with E-state index in [1.807, 2.05) is 20.8 Å². The molecule has 1 aliphatic rings. The van der Waals surface area contributed by atoms with Crippen LogP contribution in [0.15, 0.2) is 24.8 Å². The normalized spacial score (nSPS) is 17.5. The predicted molar refractivity (Wildman–Crippen MR) is 136 cm³/mol. The van der Waals surface area contributed by atoms with Gasteiger partial charge in [0.05, 0.1) is 43.8 Å². The number of likely N-dealkylation sites (tertiary alicyclic amines) is 1. The van der Waals surface area contributed by atoms with Gasteiger partial charge >= 0.3 is 0 Å². The van der Waals surface area contributed by atoms with Gasteiger partial charge in [0.25, 0.3) is 0 Å². The summed E-state index contributed by atoms with van der Waals surface area (Å²) >= 11 is 12.6. The molecule has 1 amide bonds. The van der Waals surface area contributed by atoms with Gasteiger partial charge in [-0.15, -0.1) is 0 Å². The number of piperidine rings is 1. The lowest BCUT2D eigenvalue weighted by atomic mass is 9.85. The summed E-state index contributed by atoms with van der Waals surface area (Å²) in [5.41, 5.74) is -0.260. The Kier molecular flexibility index (Phi) is 9.83. The highest BCUT2D eigenvalue weighted by Crippen LogP contribution is 2.40. The minimum atomic E-state index is -1.34.